The average molecular weight is 433 g/mol. The van der Waals surface area contributed by atoms with Crippen LogP contribution >= 0.6 is 0 Å². The van der Waals surface area contributed by atoms with E-state index in [1.165, 1.54) is 19.3 Å². The topological polar surface area (TPSA) is 112 Å². The summed E-state index contributed by atoms with van der Waals surface area (Å²) < 4.78 is 0. The van der Waals surface area contributed by atoms with E-state index >= 15 is 0 Å². The number of fused-ring (bicyclic) bond motifs is 5. The van der Waals surface area contributed by atoms with Crippen LogP contribution in [0.4, 0.5) is 0 Å². The fourth-order valence-electron chi connectivity index (χ4n) is 8.71. The van der Waals surface area contributed by atoms with Gasteiger partial charge in [0.15, 0.2) is 0 Å². The van der Waals surface area contributed by atoms with E-state index in [0.717, 1.165) is 32.1 Å². The number of carboxylic acid groups (broad SMARTS) is 1. The molecule has 0 aromatic heterocycles. The van der Waals surface area contributed by atoms with Crippen LogP contribution in [0, 0.1) is 46.3 Å². The van der Waals surface area contributed by atoms with Gasteiger partial charge in [0.1, 0.15) is 0 Å². The van der Waals surface area contributed by atoms with Gasteiger partial charge in [0.25, 0.3) is 0 Å². The maximum atomic E-state index is 11.5. The van der Waals surface area contributed by atoms with Crippen molar-refractivity contribution in [2.24, 2.45) is 46.3 Å². The fourth-order valence-corrected chi connectivity index (χ4v) is 8.71. The van der Waals surface area contributed by atoms with Crippen LogP contribution in [-0.4, -0.2) is 33.9 Å². The molecule has 8 unspecified atom stereocenters. The number of aliphatic carboxylic acids is 1. The van der Waals surface area contributed by atoms with Crippen LogP contribution in [0.25, 0.3) is 0 Å². The van der Waals surface area contributed by atoms with Crippen LogP contribution in [0.2, 0.25) is 0 Å². The molecular weight excluding hydrogens is 391 g/mol. The van der Waals surface area contributed by atoms with Crippen molar-refractivity contribution >= 4 is 5.97 Å². The van der Waals surface area contributed by atoms with Crippen molar-refractivity contribution in [1.29, 1.82) is 0 Å². The van der Waals surface area contributed by atoms with Crippen LogP contribution in [0.3, 0.4) is 0 Å². The SMILES string of the molecule is CC(CCC(=O)[O-])C1CCC2C3CCC4CC(O)CC[C@]4(C)C3CC(O)[C@]12C.O.[Na+]. The summed E-state index contributed by atoms with van der Waals surface area (Å²) in [6, 6.07) is 0. The van der Waals surface area contributed by atoms with E-state index in [4.69, 9.17) is 0 Å². The predicted octanol–water partition coefficient (Wildman–Crippen LogP) is -0.677. The number of rotatable bonds is 4. The number of hydrogen-bond acceptors (Lipinski definition) is 4. The van der Waals surface area contributed by atoms with E-state index in [2.05, 4.69) is 20.8 Å². The minimum absolute atomic E-state index is 0. The summed E-state index contributed by atoms with van der Waals surface area (Å²) in [7, 11) is 0. The quantitative estimate of drug-likeness (QED) is 0.574. The molecule has 0 aromatic rings. The Morgan fingerprint density at radius 2 is 1.77 bits per heavy atom. The molecule has 168 valence electrons. The number of carbonyl (C=O) groups excluding carboxylic acids is 1. The first-order chi connectivity index (χ1) is 13.2. The number of carboxylic acids is 1. The largest absolute Gasteiger partial charge is 1.00 e. The van der Waals surface area contributed by atoms with E-state index in [1.807, 2.05) is 0 Å². The summed E-state index contributed by atoms with van der Waals surface area (Å²) in [5.74, 6) is 2.19. The summed E-state index contributed by atoms with van der Waals surface area (Å²) in [5.41, 5.74) is 0.188. The van der Waals surface area contributed by atoms with E-state index in [-0.39, 0.29) is 64.5 Å². The van der Waals surface area contributed by atoms with Gasteiger partial charge in [-0.05, 0) is 111 Å². The monoisotopic (exact) mass is 432 g/mol. The molecule has 30 heavy (non-hydrogen) atoms. The van der Waals surface area contributed by atoms with Crippen molar-refractivity contribution in [1.82, 2.24) is 0 Å². The Kier molecular flexibility index (Phi) is 8.59. The fraction of sp³-hybridized carbons (Fsp3) is 0.958. The number of aliphatic hydroxyl groups excluding tert-OH is 2. The molecule has 0 saturated heterocycles. The summed E-state index contributed by atoms with van der Waals surface area (Å²) >= 11 is 0. The Bertz CT molecular complexity index is 614. The Morgan fingerprint density at radius 1 is 1.07 bits per heavy atom. The summed E-state index contributed by atoms with van der Waals surface area (Å²) in [6.07, 6.45) is 8.98. The van der Waals surface area contributed by atoms with Gasteiger partial charge in [-0.3, -0.25) is 0 Å². The first-order valence-electron chi connectivity index (χ1n) is 11.7. The predicted molar refractivity (Wildman–Crippen MR) is 110 cm³/mol. The summed E-state index contributed by atoms with van der Waals surface area (Å²) in [5, 5.41) is 32.6. The molecule has 0 heterocycles. The Labute approximate surface area is 204 Å². The summed E-state index contributed by atoms with van der Waals surface area (Å²) in [4.78, 5) is 10.9. The van der Waals surface area contributed by atoms with Gasteiger partial charge in [-0.2, -0.15) is 0 Å². The van der Waals surface area contributed by atoms with Gasteiger partial charge in [0.2, 0.25) is 0 Å². The van der Waals surface area contributed by atoms with Crippen molar-refractivity contribution < 1.29 is 55.1 Å². The first-order valence-corrected chi connectivity index (χ1v) is 11.7. The minimum atomic E-state index is -0.957. The van der Waals surface area contributed by atoms with E-state index in [0.29, 0.717) is 41.9 Å². The van der Waals surface area contributed by atoms with Crippen LogP contribution in [0.5, 0.6) is 0 Å². The molecule has 0 aromatic carbocycles. The van der Waals surface area contributed by atoms with Gasteiger partial charge in [-0.25, -0.2) is 0 Å². The van der Waals surface area contributed by atoms with Crippen molar-refractivity contribution in [2.75, 3.05) is 0 Å². The minimum Gasteiger partial charge on any atom is -0.550 e. The molecule has 4 aliphatic rings. The van der Waals surface area contributed by atoms with Gasteiger partial charge < -0.3 is 25.6 Å². The molecule has 4 saturated carbocycles. The first kappa shape index (κ1) is 26.6. The molecule has 0 spiro atoms. The third-order valence-corrected chi connectivity index (χ3v) is 10.3. The van der Waals surface area contributed by atoms with Crippen molar-refractivity contribution in [3.8, 4) is 0 Å². The van der Waals surface area contributed by atoms with Gasteiger partial charge in [-0.1, -0.05) is 20.8 Å². The Hall–Kier alpha value is 0.350. The molecule has 4 fully saturated rings. The standard InChI is InChI=1S/C24H40O4.Na.H2O/c1-14(4-9-22(27)28)18-7-8-19-17-6-5-15-12-16(25)10-11-23(15,2)20(17)13-21(26)24(18,19)3;;/h14-21,25-26H,4-13H2,1-3H3,(H,27,28);;1H2/q;+1;/p-1/t14?,15?,16?,17?,18?,19?,20?,21?,23-,24+;;/m0../s1. The number of carbonyl (C=O) groups is 1. The molecule has 5 nitrogen and oxygen atoms in total. The number of aliphatic hydroxyl groups is 2. The molecule has 10 atom stereocenters. The molecule has 6 heteroatoms. The molecule has 4 rings (SSSR count). The zero-order chi connectivity index (χ0) is 20.3. The number of hydrogen-bond donors (Lipinski definition) is 2. The smallest absolute Gasteiger partial charge is 0.550 e. The van der Waals surface area contributed by atoms with Crippen molar-refractivity contribution in [3.05, 3.63) is 0 Å². The third-order valence-electron chi connectivity index (χ3n) is 10.3. The Balaban J connectivity index is 0.00000160. The second-order valence-electron chi connectivity index (χ2n) is 11.3. The van der Waals surface area contributed by atoms with E-state index < -0.39 is 5.97 Å². The van der Waals surface area contributed by atoms with Gasteiger partial charge in [0, 0.05) is 5.97 Å². The second kappa shape index (κ2) is 9.69. The van der Waals surface area contributed by atoms with Gasteiger partial charge in [-0.15, -0.1) is 0 Å². The molecule has 4 aliphatic carbocycles. The molecule has 0 amide bonds. The van der Waals surface area contributed by atoms with Gasteiger partial charge in [0.05, 0.1) is 12.2 Å². The van der Waals surface area contributed by atoms with Crippen molar-refractivity contribution in [2.45, 2.75) is 97.2 Å². The third kappa shape index (κ3) is 4.17. The summed E-state index contributed by atoms with van der Waals surface area (Å²) in [6.45, 7) is 6.94. The average Bonchev–Trinajstić information content (AvgIpc) is 3.00. The van der Waals surface area contributed by atoms with Crippen LogP contribution in [0.15, 0.2) is 0 Å². The molecular formula is C24H41NaO5. The molecule has 0 aliphatic heterocycles. The van der Waals surface area contributed by atoms with Gasteiger partial charge >= 0.3 is 29.6 Å². The van der Waals surface area contributed by atoms with Crippen LogP contribution < -0.4 is 34.7 Å². The normalized spacial score (nSPS) is 48.2. The van der Waals surface area contributed by atoms with Crippen molar-refractivity contribution in [3.63, 3.8) is 0 Å². The maximum absolute atomic E-state index is 11.5. The Morgan fingerprint density at radius 3 is 2.43 bits per heavy atom. The van der Waals surface area contributed by atoms with Crippen LogP contribution in [-0.2, 0) is 4.79 Å². The molecule has 0 bridgehead atoms. The van der Waals surface area contributed by atoms with Crippen LogP contribution in [0.1, 0.15) is 85.0 Å². The molecule has 0 radical (unpaired) electrons. The maximum Gasteiger partial charge on any atom is 1.00 e. The van der Waals surface area contributed by atoms with E-state index in [9.17, 15) is 20.1 Å². The zero-order valence-corrected chi connectivity index (χ0v) is 21.4. The zero-order valence-electron chi connectivity index (χ0n) is 19.4. The second-order valence-corrected chi connectivity index (χ2v) is 11.3. The molecule has 4 N–H and O–H groups in total. The van der Waals surface area contributed by atoms with E-state index in [1.54, 1.807) is 0 Å².